The van der Waals surface area contributed by atoms with E-state index < -0.39 is 17.9 Å². The number of aliphatic carboxylic acids is 1. The fourth-order valence-corrected chi connectivity index (χ4v) is 4.95. The highest BCUT2D eigenvalue weighted by atomic mass is 16.5. The number of benzene rings is 4. The number of para-hydroxylation sites is 1. The molecular formula is C35H36N2O6. The van der Waals surface area contributed by atoms with Gasteiger partial charge in [0.25, 0.3) is 11.8 Å². The lowest BCUT2D eigenvalue weighted by atomic mass is 9.94. The van der Waals surface area contributed by atoms with Crippen molar-refractivity contribution in [1.82, 2.24) is 10.2 Å². The molecule has 2 amide bonds. The van der Waals surface area contributed by atoms with Crippen molar-refractivity contribution in [2.45, 2.75) is 25.8 Å². The maximum atomic E-state index is 14.0. The molecule has 0 aromatic heterocycles. The van der Waals surface area contributed by atoms with Gasteiger partial charge in [-0.05, 0) is 53.8 Å². The van der Waals surface area contributed by atoms with Crippen molar-refractivity contribution >= 4 is 17.8 Å². The molecule has 0 heterocycles. The minimum absolute atomic E-state index is 0.0245. The van der Waals surface area contributed by atoms with Gasteiger partial charge in [0.2, 0.25) is 0 Å². The van der Waals surface area contributed by atoms with Gasteiger partial charge in [0, 0.05) is 24.2 Å². The molecule has 4 aromatic rings. The van der Waals surface area contributed by atoms with Gasteiger partial charge in [0.1, 0.15) is 5.75 Å². The number of hydrogen-bond acceptors (Lipinski definition) is 5. The Labute approximate surface area is 251 Å². The summed E-state index contributed by atoms with van der Waals surface area (Å²) in [6, 6.07) is 30.2. The standard InChI is InChI=1S/C35H36N2O6/c1-2-43-32-19-11-6-14-26(32)20-22-37(23-21-33(39)40)35(42)30-18-10-8-16-28(30)27-15-7-9-17-29(27)34(41)36-31(24-38)25-12-4-3-5-13-25/h3-19,31,38H,2,20-24H2,1H3,(H,36,41)(H,39,40). The number of carboxylic acids is 1. The van der Waals surface area contributed by atoms with E-state index in [1.807, 2.05) is 61.5 Å². The van der Waals surface area contributed by atoms with Crippen LogP contribution in [0.3, 0.4) is 0 Å². The second-order valence-corrected chi connectivity index (χ2v) is 9.94. The van der Waals surface area contributed by atoms with Gasteiger partial charge in [-0.25, -0.2) is 0 Å². The maximum Gasteiger partial charge on any atom is 0.305 e. The van der Waals surface area contributed by atoms with E-state index in [4.69, 9.17) is 4.74 Å². The van der Waals surface area contributed by atoms with Gasteiger partial charge in [-0.1, -0.05) is 84.9 Å². The summed E-state index contributed by atoms with van der Waals surface area (Å²) in [5.74, 6) is -0.998. The zero-order valence-electron chi connectivity index (χ0n) is 24.1. The molecular weight excluding hydrogens is 544 g/mol. The van der Waals surface area contributed by atoms with E-state index in [0.29, 0.717) is 35.3 Å². The van der Waals surface area contributed by atoms with Crippen molar-refractivity contribution in [3.8, 4) is 16.9 Å². The number of ether oxygens (including phenoxy) is 1. The molecule has 8 heteroatoms. The van der Waals surface area contributed by atoms with E-state index in [0.717, 1.165) is 16.9 Å². The predicted molar refractivity (Wildman–Crippen MR) is 165 cm³/mol. The third kappa shape index (κ3) is 8.08. The lowest BCUT2D eigenvalue weighted by molar-refractivity contribution is -0.137. The fraction of sp³-hybridized carbons (Fsp3) is 0.229. The van der Waals surface area contributed by atoms with Crippen molar-refractivity contribution in [2.75, 3.05) is 26.3 Å². The quantitative estimate of drug-likeness (QED) is 0.185. The number of amides is 2. The first-order valence-corrected chi connectivity index (χ1v) is 14.3. The highest BCUT2D eigenvalue weighted by Gasteiger charge is 2.24. The van der Waals surface area contributed by atoms with Gasteiger partial charge in [-0.3, -0.25) is 14.4 Å². The Morgan fingerprint density at radius 1 is 0.791 bits per heavy atom. The average molecular weight is 581 g/mol. The molecule has 3 N–H and O–H groups in total. The van der Waals surface area contributed by atoms with Crippen LogP contribution in [0.2, 0.25) is 0 Å². The van der Waals surface area contributed by atoms with Crippen molar-refractivity contribution < 1.29 is 29.3 Å². The zero-order chi connectivity index (χ0) is 30.6. The third-order valence-electron chi connectivity index (χ3n) is 7.12. The molecule has 0 saturated carbocycles. The molecule has 8 nitrogen and oxygen atoms in total. The van der Waals surface area contributed by atoms with E-state index in [1.165, 1.54) is 4.90 Å². The molecule has 0 saturated heterocycles. The van der Waals surface area contributed by atoms with Crippen LogP contribution in [0, 0.1) is 0 Å². The Morgan fingerprint density at radius 3 is 2.07 bits per heavy atom. The molecule has 0 bridgehead atoms. The summed E-state index contributed by atoms with van der Waals surface area (Å²) in [5.41, 5.74) is 3.49. The van der Waals surface area contributed by atoms with Crippen molar-refractivity contribution in [2.24, 2.45) is 0 Å². The number of hydrogen-bond donors (Lipinski definition) is 3. The number of aliphatic hydroxyl groups excluding tert-OH is 1. The summed E-state index contributed by atoms with van der Waals surface area (Å²) in [6.45, 7) is 2.43. The largest absolute Gasteiger partial charge is 0.494 e. The zero-order valence-corrected chi connectivity index (χ0v) is 24.1. The maximum absolute atomic E-state index is 14.0. The van der Waals surface area contributed by atoms with Crippen molar-refractivity contribution in [3.63, 3.8) is 0 Å². The van der Waals surface area contributed by atoms with E-state index in [2.05, 4.69) is 5.32 Å². The number of carbonyl (C=O) groups excluding carboxylic acids is 2. The van der Waals surface area contributed by atoms with Crippen LogP contribution < -0.4 is 10.1 Å². The molecule has 0 aliphatic carbocycles. The number of nitrogens with one attached hydrogen (secondary N) is 1. The Kier molecular flexibility index (Phi) is 11.0. The Hall–Kier alpha value is -4.95. The molecule has 0 fully saturated rings. The van der Waals surface area contributed by atoms with Gasteiger partial charge in [-0.15, -0.1) is 0 Å². The number of carbonyl (C=O) groups is 3. The first-order valence-electron chi connectivity index (χ1n) is 14.3. The van der Waals surface area contributed by atoms with Crippen LogP contribution in [-0.4, -0.2) is 59.2 Å². The minimum Gasteiger partial charge on any atom is -0.494 e. The van der Waals surface area contributed by atoms with E-state index in [1.54, 1.807) is 48.5 Å². The first-order chi connectivity index (χ1) is 20.9. The summed E-state index contributed by atoms with van der Waals surface area (Å²) in [6.07, 6.45) is 0.271. The second kappa shape index (κ2) is 15.3. The highest BCUT2D eigenvalue weighted by Crippen LogP contribution is 2.29. The fourth-order valence-electron chi connectivity index (χ4n) is 4.95. The number of aliphatic hydroxyl groups is 1. The van der Waals surface area contributed by atoms with Crippen molar-refractivity contribution in [1.29, 1.82) is 0 Å². The lowest BCUT2D eigenvalue weighted by Crippen LogP contribution is -2.35. The van der Waals surface area contributed by atoms with E-state index >= 15 is 0 Å². The topological polar surface area (TPSA) is 116 Å². The van der Waals surface area contributed by atoms with Crippen LogP contribution in [-0.2, 0) is 11.2 Å². The smallest absolute Gasteiger partial charge is 0.305 e. The monoisotopic (exact) mass is 580 g/mol. The molecule has 1 atom stereocenters. The molecule has 1 unspecified atom stereocenters. The second-order valence-electron chi connectivity index (χ2n) is 9.94. The third-order valence-corrected chi connectivity index (χ3v) is 7.12. The predicted octanol–water partition coefficient (Wildman–Crippen LogP) is 5.38. The number of rotatable bonds is 14. The van der Waals surface area contributed by atoms with Gasteiger partial charge in [0.15, 0.2) is 0 Å². The molecule has 0 spiro atoms. The molecule has 4 rings (SSSR count). The van der Waals surface area contributed by atoms with E-state index in [-0.39, 0.29) is 32.0 Å². The van der Waals surface area contributed by atoms with Crippen LogP contribution in [0.4, 0.5) is 0 Å². The van der Waals surface area contributed by atoms with Crippen LogP contribution >= 0.6 is 0 Å². The highest BCUT2D eigenvalue weighted by molar-refractivity contribution is 6.06. The molecule has 0 aliphatic heterocycles. The van der Waals surface area contributed by atoms with Gasteiger partial charge in [-0.2, -0.15) is 0 Å². The van der Waals surface area contributed by atoms with Crippen molar-refractivity contribution in [3.05, 3.63) is 125 Å². The SMILES string of the molecule is CCOc1ccccc1CCN(CCC(=O)O)C(=O)c1ccccc1-c1ccccc1C(=O)NC(CO)c1ccccc1. The molecule has 43 heavy (non-hydrogen) atoms. The summed E-state index contributed by atoms with van der Waals surface area (Å²) < 4.78 is 5.74. The summed E-state index contributed by atoms with van der Waals surface area (Å²) in [4.78, 5) is 40.6. The first kappa shape index (κ1) is 31.0. The minimum atomic E-state index is -1.00. The number of nitrogens with zero attached hydrogens (tertiary/aromatic N) is 1. The average Bonchev–Trinajstić information content (AvgIpc) is 3.04. The normalized spacial score (nSPS) is 11.4. The van der Waals surface area contributed by atoms with Crippen LogP contribution in [0.15, 0.2) is 103 Å². The van der Waals surface area contributed by atoms with Crippen LogP contribution in [0.25, 0.3) is 11.1 Å². The van der Waals surface area contributed by atoms with Crippen LogP contribution in [0.1, 0.15) is 51.2 Å². The summed E-state index contributed by atoms with van der Waals surface area (Å²) in [7, 11) is 0. The van der Waals surface area contributed by atoms with Crippen LogP contribution in [0.5, 0.6) is 5.75 Å². The molecule has 222 valence electrons. The van der Waals surface area contributed by atoms with E-state index in [9.17, 15) is 24.6 Å². The summed E-state index contributed by atoms with van der Waals surface area (Å²) in [5, 5.41) is 22.3. The molecule has 4 aromatic carbocycles. The lowest BCUT2D eigenvalue weighted by Gasteiger charge is -2.24. The Balaban J connectivity index is 1.64. The van der Waals surface area contributed by atoms with Gasteiger partial charge < -0.3 is 25.2 Å². The van der Waals surface area contributed by atoms with Gasteiger partial charge in [0.05, 0.1) is 25.7 Å². The Bertz CT molecular complexity index is 1540. The molecule has 0 radical (unpaired) electrons. The summed E-state index contributed by atoms with van der Waals surface area (Å²) >= 11 is 0. The Morgan fingerprint density at radius 2 is 1.40 bits per heavy atom. The van der Waals surface area contributed by atoms with Gasteiger partial charge >= 0.3 is 5.97 Å². The molecule has 0 aliphatic rings. The number of carboxylic acid groups (broad SMARTS) is 1.